The Bertz CT molecular complexity index is 1080. The number of hydrogen-bond acceptors (Lipinski definition) is 5. The first-order valence-electron chi connectivity index (χ1n) is 8.67. The smallest absolute Gasteiger partial charge is 0.289 e. The number of hydrogen-bond donors (Lipinski definition) is 1. The van der Waals surface area contributed by atoms with Crippen LogP contribution >= 0.6 is 0 Å². The number of aromatic nitrogens is 2. The van der Waals surface area contributed by atoms with Crippen LogP contribution in [-0.2, 0) is 0 Å². The van der Waals surface area contributed by atoms with Gasteiger partial charge in [0.2, 0.25) is 5.43 Å². The minimum atomic E-state index is -0.428. The Balaban J connectivity index is 1.48. The van der Waals surface area contributed by atoms with Crippen molar-refractivity contribution >= 4 is 22.7 Å². The van der Waals surface area contributed by atoms with E-state index in [1.165, 1.54) is 0 Å². The van der Waals surface area contributed by atoms with Gasteiger partial charge in [-0.2, -0.15) is 5.10 Å². The standard InChI is InChI=1S/C19H18N4O4/c1-12-6-7-15(27-12)18(25)22-8-10-23(11-9-22)19(26)16-17(24)13-4-2-3-5-14(13)20-21-16/h2-7H,8-11H2,1H3,(H,20,24). The normalized spacial score (nSPS) is 14.6. The number of carbonyl (C=O) groups is 2. The largest absolute Gasteiger partial charge is 0.456 e. The van der Waals surface area contributed by atoms with Crippen molar-refractivity contribution in [1.82, 2.24) is 20.0 Å². The fraction of sp³-hybridized carbons (Fsp3) is 0.263. The average Bonchev–Trinajstić information content (AvgIpc) is 3.14. The van der Waals surface area contributed by atoms with Crippen LogP contribution in [-0.4, -0.2) is 58.0 Å². The molecule has 8 heteroatoms. The monoisotopic (exact) mass is 366 g/mol. The summed E-state index contributed by atoms with van der Waals surface area (Å²) in [5.41, 5.74) is 0.0669. The number of nitrogens with zero attached hydrogens (tertiary/aromatic N) is 3. The Kier molecular flexibility index (Phi) is 4.23. The Morgan fingerprint density at radius 2 is 1.67 bits per heavy atom. The third kappa shape index (κ3) is 3.10. The fourth-order valence-corrected chi connectivity index (χ4v) is 3.19. The van der Waals surface area contributed by atoms with Crippen molar-refractivity contribution in [3.8, 4) is 0 Å². The number of para-hydroxylation sites is 1. The number of piperazine rings is 1. The lowest BCUT2D eigenvalue weighted by molar-refractivity contribution is 0.0513. The molecule has 0 bridgehead atoms. The fourth-order valence-electron chi connectivity index (χ4n) is 3.19. The van der Waals surface area contributed by atoms with Crippen molar-refractivity contribution in [2.75, 3.05) is 26.2 Å². The van der Waals surface area contributed by atoms with Crippen LogP contribution < -0.4 is 5.43 Å². The number of nitrogens with one attached hydrogen (secondary N) is 1. The van der Waals surface area contributed by atoms with Gasteiger partial charge in [0, 0.05) is 31.6 Å². The Hall–Kier alpha value is -3.42. The lowest BCUT2D eigenvalue weighted by Crippen LogP contribution is -2.51. The van der Waals surface area contributed by atoms with Gasteiger partial charge in [0.05, 0.1) is 5.52 Å². The van der Waals surface area contributed by atoms with Crippen LogP contribution in [0.1, 0.15) is 26.8 Å². The summed E-state index contributed by atoms with van der Waals surface area (Å²) in [5.74, 6) is 0.341. The van der Waals surface area contributed by atoms with Gasteiger partial charge in [-0.3, -0.25) is 19.5 Å². The third-order valence-corrected chi connectivity index (χ3v) is 4.68. The molecular weight excluding hydrogens is 348 g/mol. The number of benzene rings is 1. The number of aryl methyl sites for hydroxylation is 1. The molecule has 0 radical (unpaired) electrons. The number of rotatable bonds is 2. The molecule has 1 aromatic carbocycles. The van der Waals surface area contributed by atoms with Crippen LogP contribution in [0.3, 0.4) is 0 Å². The molecule has 138 valence electrons. The Morgan fingerprint density at radius 3 is 2.33 bits per heavy atom. The summed E-state index contributed by atoms with van der Waals surface area (Å²) in [6.45, 7) is 3.18. The Labute approximate surface area is 154 Å². The van der Waals surface area contributed by atoms with Gasteiger partial charge in [0.15, 0.2) is 11.5 Å². The van der Waals surface area contributed by atoms with E-state index in [0.29, 0.717) is 48.6 Å². The molecular formula is C19H18N4O4. The van der Waals surface area contributed by atoms with E-state index < -0.39 is 5.91 Å². The molecule has 1 saturated heterocycles. The molecule has 1 aliphatic heterocycles. The molecule has 0 atom stereocenters. The average molecular weight is 366 g/mol. The summed E-state index contributed by atoms with van der Waals surface area (Å²) in [7, 11) is 0. The SMILES string of the molecule is Cc1ccc(C(=O)N2CCN(C(=O)c3n[nH]c4ccccc4c3=O)CC2)o1. The number of aromatic amines is 1. The molecule has 2 aromatic heterocycles. The van der Waals surface area contributed by atoms with Gasteiger partial charge in [0.25, 0.3) is 11.8 Å². The van der Waals surface area contributed by atoms with E-state index >= 15 is 0 Å². The topological polar surface area (TPSA) is 99.5 Å². The summed E-state index contributed by atoms with van der Waals surface area (Å²) >= 11 is 0. The van der Waals surface area contributed by atoms with E-state index in [4.69, 9.17) is 4.42 Å². The molecule has 1 fully saturated rings. The van der Waals surface area contributed by atoms with Crippen LogP contribution in [0.4, 0.5) is 0 Å². The quantitative estimate of drug-likeness (QED) is 0.739. The minimum absolute atomic E-state index is 0.130. The van der Waals surface area contributed by atoms with Crippen LogP contribution in [0.15, 0.2) is 45.6 Å². The van der Waals surface area contributed by atoms with Gasteiger partial charge in [-0.05, 0) is 31.2 Å². The van der Waals surface area contributed by atoms with Crippen molar-refractivity contribution in [2.24, 2.45) is 0 Å². The molecule has 4 rings (SSSR count). The molecule has 0 unspecified atom stereocenters. The second kappa shape index (κ2) is 6.71. The summed E-state index contributed by atoms with van der Waals surface area (Å²) in [6.07, 6.45) is 0. The van der Waals surface area contributed by atoms with Gasteiger partial charge in [-0.15, -0.1) is 0 Å². The van der Waals surface area contributed by atoms with Crippen molar-refractivity contribution < 1.29 is 14.0 Å². The zero-order valence-electron chi connectivity index (χ0n) is 14.8. The van der Waals surface area contributed by atoms with E-state index in [9.17, 15) is 14.4 Å². The van der Waals surface area contributed by atoms with Crippen molar-refractivity contribution in [1.29, 1.82) is 0 Å². The highest BCUT2D eigenvalue weighted by Gasteiger charge is 2.28. The zero-order valence-corrected chi connectivity index (χ0v) is 14.8. The molecule has 1 aliphatic rings. The van der Waals surface area contributed by atoms with Gasteiger partial charge >= 0.3 is 0 Å². The number of furan rings is 1. The van der Waals surface area contributed by atoms with Gasteiger partial charge < -0.3 is 14.2 Å². The maximum Gasteiger partial charge on any atom is 0.289 e. The summed E-state index contributed by atoms with van der Waals surface area (Å²) in [4.78, 5) is 40.9. The highest BCUT2D eigenvalue weighted by Crippen LogP contribution is 2.13. The predicted molar refractivity (Wildman–Crippen MR) is 97.6 cm³/mol. The minimum Gasteiger partial charge on any atom is -0.456 e. The van der Waals surface area contributed by atoms with Crippen LogP contribution in [0.2, 0.25) is 0 Å². The molecule has 0 saturated carbocycles. The van der Waals surface area contributed by atoms with Crippen molar-refractivity contribution in [3.05, 3.63) is 63.8 Å². The van der Waals surface area contributed by atoms with E-state index in [-0.39, 0.29) is 17.0 Å². The first kappa shape index (κ1) is 17.0. The first-order valence-corrected chi connectivity index (χ1v) is 8.67. The highest BCUT2D eigenvalue weighted by molar-refractivity contribution is 5.95. The van der Waals surface area contributed by atoms with Crippen molar-refractivity contribution in [3.63, 3.8) is 0 Å². The predicted octanol–water partition coefficient (Wildman–Crippen LogP) is 1.42. The molecule has 3 aromatic rings. The van der Waals surface area contributed by atoms with Gasteiger partial charge in [0.1, 0.15) is 5.76 Å². The first-order chi connectivity index (χ1) is 13.0. The number of amides is 2. The molecule has 2 amide bonds. The maximum absolute atomic E-state index is 12.7. The zero-order chi connectivity index (χ0) is 19.0. The second-order valence-corrected chi connectivity index (χ2v) is 6.44. The van der Waals surface area contributed by atoms with Crippen LogP contribution in [0.5, 0.6) is 0 Å². The number of carbonyl (C=O) groups excluding carboxylic acids is 2. The third-order valence-electron chi connectivity index (χ3n) is 4.68. The number of H-pyrrole nitrogens is 1. The molecule has 0 spiro atoms. The van der Waals surface area contributed by atoms with Crippen LogP contribution in [0, 0.1) is 6.92 Å². The molecule has 27 heavy (non-hydrogen) atoms. The van der Waals surface area contributed by atoms with Gasteiger partial charge in [-0.25, -0.2) is 0 Å². The lowest BCUT2D eigenvalue weighted by Gasteiger charge is -2.34. The molecule has 8 nitrogen and oxygen atoms in total. The number of fused-ring (bicyclic) bond motifs is 1. The van der Waals surface area contributed by atoms with E-state index in [1.807, 2.05) is 0 Å². The van der Waals surface area contributed by atoms with E-state index in [0.717, 1.165) is 0 Å². The highest BCUT2D eigenvalue weighted by atomic mass is 16.3. The molecule has 3 heterocycles. The van der Waals surface area contributed by atoms with Crippen LogP contribution in [0.25, 0.3) is 10.9 Å². The lowest BCUT2D eigenvalue weighted by atomic mass is 10.2. The summed E-state index contributed by atoms with van der Waals surface area (Å²) in [5, 5.41) is 7.15. The summed E-state index contributed by atoms with van der Waals surface area (Å²) < 4.78 is 5.37. The van der Waals surface area contributed by atoms with E-state index in [1.54, 1.807) is 53.1 Å². The Morgan fingerprint density at radius 1 is 1.00 bits per heavy atom. The molecule has 1 N–H and O–H groups in total. The second-order valence-electron chi connectivity index (χ2n) is 6.44. The maximum atomic E-state index is 12.7. The van der Waals surface area contributed by atoms with E-state index in [2.05, 4.69) is 10.2 Å². The molecule has 0 aliphatic carbocycles. The summed E-state index contributed by atoms with van der Waals surface area (Å²) in [6, 6.07) is 10.3. The van der Waals surface area contributed by atoms with Crippen molar-refractivity contribution in [2.45, 2.75) is 6.92 Å². The van der Waals surface area contributed by atoms with Gasteiger partial charge in [-0.1, -0.05) is 12.1 Å².